The minimum absolute atomic E-state index is 0.145. The zero-order chi connectivity index (χ0) is 19.2. The van der Waals surface area contributed by atoms with E-state index in [1.807, 2.05) is 31.2 Å². The lowest BCUT2D eigenvalue weighted by atomic mass is 9.98. The lowest BCUT2D eigenvalue weighted by Gasteiger charge is -2.31. The summed E-state index contributed by atoms with van der Waals surface area (Å²) in [7, 11) is 0. The summed E-state index contributed by atoms with van der Waals surface area (Å²) in [5, 5.41) is 7.08. The van der Waals surface area contributed by atoms with Crippen LogP contribution in [-0.4, -0.2) is 53.3 Å². The number of nitrogens with zero attached hydrogens (tertiary/aromatic N) is 2. The number of nitrogens with one attached hydrogen (secondary N) is 1. The fraction of sp³-hybridized carbons (Fsp3) is 0.450. The Hall–Kier alpha value is -2.83. The van der Waals surface area contributed by atoms with Gasteiger partial charge in [0.25, 0.3) is 5.91 Å². The van der Waals surface area contributed by atoms with Crippen LogP contribution in [0.2, 0.25) is 0 Å². The third kappa shape index (κ3) is 4.48. The highest BCUT2D eigenvalue weighted by molar-refractivity contribution is 5.93. The van der Waals surface area contributed by atoms with E-state index in [1.54, 1.807) is 17.9 Å². The Kier molecular flexibility index (Phi) is 6.11. The van der Waals surface area contributed by atoms with Crippen LogP contribution in [0.3, 0.4) is 0 Å². The van der Waals surface area contributed by atoms with Crippen LogP contribution in [0, 0.1) is 5.92 Å². The van der Waals surface area contributed by atoms with Crippen molar-refractivity contribution in [3.8, 4) is 17.0 Å². The highest BCUT2D eigenvalue weighted by Crippen LogP contribution is 2.23. The van der Waals surface area contributed by atoms with Crippen LogP contribution in [0.4, 0.5) is 0 Å². The SMILES string of the molecule is CCOC(=O)[C@H]1CCCN(C(=O)c2cc(-c3ccc(OCC)cc3)n[nH]2)C1. The Labute approximate surface area is 158 Å². The van der Waals surface area contributed by atoms with Gasteiger partial charge in [-0.3, -0.25) is 14.7 Å². The molecule has 1 aromatic carbocycles. The Morgan fingerprint density at radius 1 is 1.22 bits per heavy atom. The third-order valence-corrected chi connectivity index (χ3v) is 4.60. The molecule has 0 bridgehead atoms. The largest absolute Gasteiger partial charge is 0.494 e. The minimum Gasteiger partial charge on any atom is -0.494 e. The number of aromatic amines is 1. The fourth-order valence-corrected chi connectivity index (χ4v) is 3.25. The van der Waals surface area contributed by atoms with Crippen molar-refractivity contribution in [1.82, 2.24) is 15.1 Å². The van der Waals surface area contributed by atoms with Crippen molar-refractivity contribution < 1.29 is 19.1 Å². The molecule has 1 amide bonds. The third-order valence-electron chi connectivity index (χ3n) is 4.60. The monoisotopic (exact) mass is 371 g/mol. The molecule has 0 spiro atoms. The summed E-state index contributed by atoms with van der Waals surface area (Å²) in [4.78, 5) is 26.5. The Morgan fingerprint density at radius 3 is 2.70 bits per heavy atom. The number of hydrogen-bond donors (Lipinski definition) is 1. The first-order valence-corrected chi connectivity index (χ1v) is 9.37. The number of amides is 1. The molecule has 1 aromatic heterocycles. The fourth-order valence-electron chi connectivity index (χ4n) is 3.25. The average Bonchev–Trinajstić information content (AvgIpc) is 3.19. The van der Waals surface area contributed by atoms with Gasteiger partial charge >= 0.3 is 5.97 Å². The van der Waals surface area contributed by atoms with Crippen molar-refractivity contribution in [1.29, 1.82) is 0 Å². The van der Waals surface area contributed by atoms with Gasteiger partial charge in [-0.15, -0.1) is 0 Å². The van der Waals surface area contributed by atoms with Gasteiger partial charge in [0.2, 0.25) is 0 Å². The van der Waals surface area contributed by atoms with E-state index in [-0.39, 0.29) is 17.8 Å². The predicted octanol–water partition coefficient (Wildman–Crippen LogP) is 2.89. The number of likely N-dealkylation sites (tertiary alicyclic amines) is 1. The first-order chi connectivity index (χ1) is 13.1. The van der Waals surface area contributed by atoms with Gasteiger partial charge in [-0.1, -0.05) is 0 Å². The van der Waals surface area contributed by atoms with Gasteiger partial charge in [0.1, 0.15) is 11.4 Å². The molecule has 144 valence electrons. The standard InChI is InChI=1S/C20H25N3O4/c1-3-26-16-9-7-14(8-10-16)17-12-18(22-21-17)19(24)23-11-5-6-15(13-23)20(25)27-4-2/h7-10,12,15H,3-6,11,13H2,1-2H3,(H,21,22)/t15-/m0/s1. The van der Waals surface area contributed by atoms with E-state index >= 15 is 0 Å². The van der Waals surface area contributed by atoms with E-state index < -0.39 is 0 Å². The van der Waals surface area contributed by atoms with Crippen molar-refractivity contribution in [2.75, 3.05) is 26.3 Å². The van der Waals surface area contributed by atoms with Crippen molar-refractivity contribution in [2.24, 2.45) is 5.92 Å². The van der Waals surface area contributed by atoms with E-state index in [2.05, 4.69) is 10.2 Å². The average molecular weight is 371 g/mol. The number of carbonyl (C=O) groups is 2. The zero-order valence-electron chi connectivity index (χ0n) is 15.7. The summed E-state index contributed by atoms with van der Waals surface area (Å²) in [6.45, 7) is 5.71. The summed E-state index contributed by atoms with van der Waals surface area (Å²) in [5.41, 5.74) is 2.01. The summed E-state index contributed by atoms with van der Waals surface area (Å²) in [6.07, 6.45) is 1.54. The maximum Gasteiger partial charge on any atom is 0.310 e. The van der Waals surface area contributed by atoms with Gasteiger partial charge in [-0.2, -0.15) is 5.10 Å². The Balaban J connectivity index is 1.68. The molecule has 27 heavy (non-hydrogen) atoms. The molecule has 0 saturated carbocycles. The molecule has 2 heterocycles. The van der Waals surface area contributed by atoms with E-state index in [1.165, 1.54) is 0 Å². The van der Waals surface area contributed by atoms with Gasteiger partial charge in [0.15, 0.2) is 0 Å². The minimum atomic E-state index is -0.254. The summed E-state index contributed by atoms with van der Waals surface area (Å²) < 4.78 is 10.5. The van der Waals surface area contributed by atoms with Crippen LogP contribution in [0.5, 0.6) is 5.75 Å². The molecular weight excluding hydrogens is 346 g/mol. The van der Waals surface area contributed by atoms with Crippen LogP contribution in [0.1, 0.15) is 37.2 Å². The number of rotatable bonds is 6. The van der Waals surface area contributed by atoms with Crippen LogP contribution >= 0.6 is 0 Å². The first kappa shape index (κ1) is 18.9. The van der Waals surface area contributed by atoms with Gasteiger partial charge in [-0.25, -0.2) is 0 Å². The lowest BCUT2D eigenvalue weighted by Crippen LogP contribution is -2.43. The Bertz CT molecular complexity index is 785. The molecule has 7 nitrogen and oxygen atoms in total. The molecule has 0 radical (unpaired) electrons. The van der Waals surface area contributed by atoms with Crippen molar-refractivity contribution in [3.63, 3.8) is 0 Å². The van der Waals surface area contributed by atoms with Crippen LogP contribution < -0.4 is 4.74 Å². The molecule has 7 heteroatoms. The van der Waals surface area contributed by atoms with Gasteiger partial charge in [-0.05, 0) is 57.0 Å². The molecule has 3 rings (SSSR count). The number of benzene rings is 1. The lowest BCUT2D eigenvalue weighted by molar-refractivity contribution is -0.149. The quantitative estimate of drug-likeness (QED) is 0.789. The molecule has 0 unspecified atom stereocenters. The van der Waals surface area contributed by atoms with Gasteiger partial charge in [0, 0.05) is 18.7 Å². The number of hydrogen-bond acceptors (Lipinski definition) is 5. The molecule has 1 atom stereocenters. The highest BCUT2D eigenvalue weighted by atomic mass is 16.5. The number of esters is 1. The van der Waals surface area contributed by atoms with Crippen molar-refractivity contribution in [3.05, 3.63) is 36.0 Å². The van der Waals surface area contributed by atoms with Gasteiger partial charge < -0.3 is 14.4 Å². The first-order valence-electron chi connectivity index (χ1n) is 9.37. The van der Waals surface area contributed by atoms with Crippen LogP contribution in [0.15, 0.2) is 30.3 Å². The smallest absolute Gasteiger partial charge is 0.310 e. The summed E-state index contributed by atoms with van der Waals surface area (Å²) in [5.74, 6) is 0.172. The number of piperidine rings is 1. The summed E-state index contributed by atoms with van der Waals surface area (Å²) >= 11 is 0. The molecule has 1 saturated heterocycles. The molecule has 1 fully saturated rings. The van der Waals surface area contributed by atoms with E-state index in [9.17, 15) is 9.59 Å². The van der Waals surface area contributed by atoms with Crippen LogP contribution in [-0.2, 0) is 9.53 Å². The zero-order valence-corrected chi connectivity index (χ0v) is 15.7. The van der Waals surface area contributed by atoms with E-state index in [0.29, 0.717) is 37.7 Å². The molecule has 2 aromatic rings. The molecule has 1 N–H and O–H groups in total. The van der Waals surface area contributed by atoms with Gasteiger partial charge in [0.05, 0.1) is 24.8 Å². The maximum absolute atomic E-state index is 12.8. The van der Waals surface area contributed by atoms with Crippen molar-refractivity contribution >= 4 is 11.9 Å². The normalized spacial score (nSPS) is 16.8. The molecule has 1 aliphatic rings. The maximum atomic E-state index is 12.8. The topological polar surface area (TPSA) is 84.5 Å². The number of aromatic nitrogens is 2. The highest BCUT2D eigenvalue weighted by Gasteiger charge is 2.30. The second-order valence-corrected chi connectivity index (χ2v) is 6.47. The molecular formula is C20H25N3O4. The molecule has 1 aliphatic heterocycles. The van der Waals surface area contributed by atoms with Crippen molar-refractivity contribution in [2.45, 2.75) is 26.7 Å². The number of ether oxygens (including phenoxy) is 2. The second-order valence-electron chi connectivity index (χ2n) is 6.47. The van der Waals surface area contributed by atoms with Crippen LogP contribution in [0.25, 0.3) is 11.3 Å². The summed E-state index contributed by atoms with van der Waals surface area (Å²) in [6, 6.07) is 9.32. The number of carbonyl (C=O) groups excluding carboxylic acids is 2. The second kappa shape index (κ2) is 8.70. The Morgan fingerprint density at radius 2 is 2.00 bits per heavy atom. The molecule has 0 aliphatic carbocycles. The predicted molar refractivity (Wildman–Crippen MR) is 100 cm³/mol. The van der Waals surface area contributed by atoms with E-state index in [0.717, 1.165) is 24.2 Å². The van der Waals surface area contributed by atoms with E-state index in [4.69, 9.17) is 9.47 Å². The number of H-pyrrole nitrogens is 1.